The molecule has 0 unspecified atom stereocenters. The largest absolute Gasteiger partial charge is 0.336 e. The zero-order chi connectivity index (χ0) is 11.6. The number of carbonyl (C=O) groups excluding carboxylic acids is 1. The fraction of sp³-hybridized carbons (Fsp3) is 0.769. The third-order valence-electron chi connectivity index (χ3n) is 3.03. The highest BCUT2D eigenvalue weighted by atomic mass is 16.2. The van der Waals surface area contributed by atoms with E-state index in [-0.39, 0.29) is 11.3 Å². The summed E-state index contributed by atoms with van der Waals surface area (Å²) in [5.41, 5.74) is 0.262. The fourth-order valence-corrected chi connectivity index (χ4v) is 2.53. The second-order valence-electron chi connectivity index (χ2n) is 5.82. The summed E-state index contributed by atoms with van der Waals surface area (Å²) in [6.07, 6.45) is 3.66. The molecule has 0 aromatic rings. The van der Waals surface area contributed by atoms with Crippen molar-refractivity contribution in [1.29, 1.82) is 0 Å². The molecule has 0 aliphatic carbocycles. The highest BCUT2D eigenvalue weighted by molar-refractivity contribution is 5.87. The van der Waals surface area contributed by atoms with E-state index in [0.29, 0.717) is 12.0 Å². The van der Waals surface area contributed by atoms with Gasteiger partial charge in [-0.1, -0.05) is 34.3 Å². The van der Waals surface area contributed by atoms with Crippen LogP contribution in [0.15, 0.2) is 12.7 Å². The molecule has 2 nitrogen and oxygen atoms in total. The molecule has 1 amide bonds. The van der Waals surface area contributed by atoms with Crippen molar-refractivity contribution >= 4 is 5.91 Å². The van der Waals surface area contributed by atoms with E-state index < -0.39 is 0 Å². The smallest absolute Gasteiger partial charge is 0.246 e. The van der Waals surface area contributed by atoms with Gasteiger partial charge in [-0.05, 0) is 30.3 Å². The number of rotatable bonds is 3. The first-order valence-corrected chi connectivity index (χ1v) is 5.79. The molecule has 1 saturated heterocycles. The van der Waals surface area contributed by atoms with Gasteiger partial charge >= 0.3 is 0 Å². The van der Waals surface area contributed by atoms with Crippen LogP contribution in [-0.4, -0.2) is 23.4 Å². The van der Waals surface area contributed by atoms with Gasteiger partial charge in [0.05, 0.1) is 0 Å². The van der Waals surface area contributed by atoms with Gasteiger partial charge in [-0.25, -0.2) is 0 Å². The van der Waals surface area contributed by atoms with Gasteiger partial charge in [0.25, 0.3) is 0 Å². The maximum Gasteiger partial charge on any atom is 0.246 e. The molecule has 1 aliphatic rings. The average molecular weight is 209 g/mol. The summed E-state index contributed by atoms with van der Waals surface area (Å²) in [5.74, 6) is 0.732. The lowest BCUT2D eigenvalue weighted by atomic mass is 9.88. The summed E-state index contributed by atoms with van der Waals surface area (Å²) < 4.78 is 0. The van der Waals surface area contributed by atoms with Crippen LogP contribution in [0.5, 0.6) is 0 Å². The van der Waals surface area contributed by atoms with E-state index in [1.807, 2.05) is 4.90 Å². The van der Waals surface area contributed by atoms with Crippen molar-refractivity contribution in [2.24, 2.45) is 11.3 Å². The van der Waals surface area contributed by atoms with Crippen LogP contribution in [0.4, 0.5) is 0 Å². The van der Waals surface area contributed by atoms with Crippen LogP contribution in [0.2, 0.25) is 0 Å². The number of hydrogen-bond donors (Lipinski definition) is 0. The molecule has 1 fully saturated rings. The topological polar surface area (TPSA) is 20.3 Å². The minimum Gasteiger partial charge on any atom is -0.336 e. The molecule has 0 aromatic carbocycles. The Labute approximate surface area is 93.3 Å². The van der Waals surface area contributed by atoms with Crippen molar-refractivity contribution in [3.63, 3.8) is 0 Å². The highest BCUT2D eigenvalue weighted by Gasteiger charge is 2.38. The summed E-state index contributed by atoms with van der Waals surface area (Å²) in [6, 6.07) is 0.408. The van der Waals surface area contributed by atoms with Crippen LogP contribution >= 0.6 is 0 Å². The summed E-state index contributed by atoms with van der Waals surface area (Å²) in [7, 11) is 0. The van der Waals surface area contributed by atoms with Crippen LogP contribution in [0.25, 0.3) is 0 Å². The van der Waals surface area contributed by atoms with Crippen LogP contribution in [0, 0.1) is 11.3 Å². The predicted molar refractivity (Wildman–Crippen MR) is 63.6 cm³/mol. The van der Waals surface area contributed by atoms with Crippen molar-refractivity contribution in [2.75, 3.05) is 6.54 Å². The Kier molecular flexibility index (Phi) is 3.58. The summed E-state index contributed by atoms with van der Waals surface area (Å²) in [4.78, 5) is 13.7. The van der Waals surface area contributed by atoms with Crippen molar-refractivity contribution < 1.29 is 4.79 Å². The number of hydrogen-bond acceptors (Lipinski definition) is 1. The Hall–Kier alpha value is -0.790. The third kappa shape index (κ3) is 3.08. The van der Waals surface area contributed by atoms with E-state index in [2.05, 4.69) is 34.3 Å². The Bertz CT molecular complexity index is 255. The molecule has 0 N–H and O–H groups in total. The molecular weight excluding hydrogens is 186 g/mol. The van der Waals surface area contributed by atoms with E-state index >= 15 is 0 Å². The molecule has 2 heteroatoms. The van der Waals surface area contributed by atoms with Crippen molar-refractivity contribution in [2.45, 2.75) is 46.6 Å². The molecule has 1 rings (SSSR count). The number of amides is 1. The molecule has 1 atom stereocenters. The van der Waals surface area contributed by atoms with E-state index in [9.17, 15) is 4.79 Å². The van der Waals surface area contributed by atoms with E-state index in [4.69, 9.17) is 0 Å². The van der Waals surface area contributed by atoms with Crippen LogP contribution in [0.3, 0.4) is 0 Å². The first-order valence-electron chi connectivity index (χ1n) is 5.79. The number of carbonyl (C=O) groups is 1. The molecule has 0 radical (unpaired) electrons. The Balaban J connectivity index is 2.74. The minimum absolute atomic E-state index is 0.0891. The van der Waals surface area contributed by atoms with Crippen molar-refractivity contribution in [3.8, 4) is 0 Å². The quantitative estimate of drug-likeness (QED) is 0.654. The van der Waals surface area contributed by atoms with Gasteiger partial charge in [-0.15, -0.1) is 0 Å². The standard InChI is InChI=1S/C13H23NO/c1-6-12(15)14-9-13(4,5)8-11(14)7-10(2)3/h6,10-11H,1,7-9H2,2-5H3/t11-/m0/s1. The van der Waals surface area contributed by atoms with Crippen molar-refractivity contribution in [3.05, 3.63) is 12.7 Å². The molecule has 0 saturated carbocycles. The van der Waals surface area contributed by atoms with E-state index in [1.165, 1.54) is 6.08 Å². The second kappa shape index (κ2) is 4.38. The highest BCUT2D eigenvalue weighted by Crippen LogP contribution is 2.36. The van der Waals surface area contributed by atoms with Gasteiger partial charge in [-0.2, -0.15) is 0 Å². The maximum absolute atomic E-state index is 11.7. The van der Waals surface area contributed by atoms with Gasteiger partial charge in [0.2, 0.25) is 5.91 Å². The SMILES string of the molecule is C=CC(=O)N1CC(C)(C)C[C@@H]1CC(C)C. The Morgan fingerprint density at radius 2 is 2.20 bits per heavy atom. The maximum atomic E-state index is 11.7. The fourth-order valence-electron chi connectivity index (χ4n) is 2.53. The van der Waals surface area contributed by atoms with Gasteiger partial charge in [0.15, 0.2) is 0 Å². The molecule has 0 spiro atoms. The molecule has 86 valence electrons. The van der Waals surface area contributed by atoms with E-state index in [1.54, 1.807) is 0 Å². The van der Waals surface area contributed by atoms with Gasteiger partial charge in [-0.3, -0.25) is 4.79 Å². The third-order valence-corrected chi connectivity index (χ3v) is 3.03. The lowest BCUT2D eigenvalue weighted by molar-refractivity contribution is -0.127. The monoisotopic (exact) mass is 209 g/mol. The summed E-state index contributed by atoms with van der Waals surface area (Å²) >= 11 is 0. The molecule has 15 heavy (non-hydrogen) atoms. The Morgan fingerprint density at radius 3 is 2.67 bits per heavy atom. The first-order chi connectivity index (χ1) is 6.85. The van der Waals surface area contributed by atoms with Gasteiger partial charge in [0.1, 0.15) is 0 Å². The molecule has 1 aliphatic heterocycles. The summed E-state index contributed by atoms with van der Waals surface area (Å²) in [6.45, 7) is 13.3. The van der Waals surface area contributed by atoms with Gasteiger partial charge in [0, 0.05) is 12.6 Å². The first kappa shape index (κ1) is 12.3. The lowest BCUT2D eigenvalue weighted by Gasteiger charge is -2.24. The predicted octanol–water partition coefficient (Wildman–Crippen LogP) is 2.85. The summed E-state index contributed by atoms with van der Waals surface area (Å²) in [5, 5.41) is 0. The minimum atomic E-state index is 0.0891. The molecule has 0 bridgehead atoms. The average Bonchev–Trinajstić information content (AvgIpc) is 2.38. The van der Waals surface area contributed by atoms with E-state index in [0.717, 1.165) is 19.4 Å². The van der Waals surface area contributed by atoms with Crippen LogP contribution < -0.4 is 0 Å². The van der Waals surface area contributed by atoms with Crippen molar-refractivity contribution in [1.82, 2.24) is 4.90 Å². The van der Waals surface area contributed by atoms with Gasteiger partial charge < -0.3 is 4.90 Å². The van der Waals surface area contributed by atoms with Crippen LogP contribution in [-0.2, 0) is 4.79 Å². The number of nitrogens with zero attached hydrogens (tertiary/aromatic N) is 1. The molecule has 1 heterocycles. The second-order valence-corrected chi connectivity index (χ2v) is 5.82. The molecular formula is C13H23NO. The van der Waals surface area contributed by atoms with Crippen LogP contribution in [0.1, 0.15) is 40.5 Å². The molecule has 0 aromatic heterocycles. The Morgan fingerprint density at radius 1 is 1.60 bits per heavy atom. The normalized spacial score (nSPS) is 24.6. The zero-order valence-corrected chi connectivity index (χ0v) is 10.4. The number of likely N-dealkylation sites (tertiary alicyclic amines) is 1. The lowest BCUT2D eigenvalue weighted by Crippen LogP contribution is -2.35. The zero-order valence-electron chi connectivity index (χ0n) is 10.4.